The van der Waals surface area contributed by atoms with Gasteiger partial charge in [0.25, 0.3) is 0 Å². The topological polar surface area (TPSA) is 46.5 Å². The third-order valence-electron chi connectivity index (χ3n) is 4.28. The zero-order valence-corrected chi connectivity index (χ0v) is 12.2. The van der Waals surface area contributed by atoms with Gasteiger partial charge >= 0.3 is 5.97 Å². The molecule has 0 heterocycles. The number of carbonyl (C=O) groups is 1. The molecule has 0 bridgehead atoms. The van der Waals surface area contributed by atoms with Crippen molar-refractivity contribution in [2.45, 2.75) is 58.2 Å². The highest BCUT2D eigenvalue weighted by molar-refractivity contribution is 5.70. The predicted molar refractivity (Wildman–Crippen MR) is 78.6 cm³/mol. The highest BCUT2D eigenvalue weighted by Crippen LogP contribution is 2.30. The normalized spacial score (nSPS) is 22.6. The quantitative estimate of drug-likeness (QED) is 0.859. The van der Waals surface area contributed by atoms with Gasteiger partial charge in [0, 0.05) is 0 Å². The molecule has 1 aliphatic carbocycles. The molecule has 1 N–H and O–H groups in total. The van der Waals surface area contributed by atoms with Gasteiger partial charge in [-0.1, -0.05) is 50.5 Å². The van der Waals surface area contributed by atoms with E-state index < -0.39 is 5.97 Å². The Balaban J connectivity index is 1.97. The monoisotopic (exact) mass is 276 g/mol. The van der Waals surface area contributed by atoms with E-state index in [9.17, 15) is 4.79 Å². The van der Waals surface area contributed by atoms with Gasteiger partial charge in [-0.05, 0) is 29.9 Å². The molecule has 2 unspecified atom stereocenters. The lowest BCUT2D eigenvalue weighted by molar-refractivity contribution is -0.136. The summed E-state index contributed by atoms with van der Waals surface area (Å²) in [5.41, 5.74) is 1.87. The Hall–Kier alpha value is -1.35. The van der Waals surface area contributed by atoms with E-state index in [1.807, 2.05) is 24.3 Å². The lowest BCUT2D eigenvalue weighted by atomic mass is 9.85. The number of ether oxygens (including phenoxy) is 1. The second-order valence-electron chi connectivity index (χ2n) is 5.64. The minimum Gasteiger partial charge on any atom is -0.481 e. The molecular weight excluding hydrogens is 252 g/mol. The van der Waals surface area contributed by atoms with Crippen LogP contribution in [0, 0.1) is 5.92 Å². The predicted octanol–water partition coefficient (Wildman–Crippen LogP) is 3.80. The summed E-state index contributed by atoms with van der Waals surface area (Å²) in [6.45, 7) is 2.76. The van der Waals surface area contributed by atoms with Gasteiger partial charge in [-0.15, -0.1) is 0 Å². The number of hydrogen-bond donors (Lipinski definition) is 1. The Morgan fingerprint density at radius 2 is 1.95 bits per heavy atom. The fraction of sp³-hybridized carbons (Fsp3) is 0.588. The summed E-state index contributed by atoms with van der Waals surface area (Å²) < 4.78 is 6.10. The summed E-state index contributed by atoms with van der Waals surface area (Å²) in [5.74, 6) is -0.128. The third-order valence-corrected chi connectivity index (χ3v) is 4.28. The molecular formula is C17H24O3. The van der Waals surface area contributed by atoms with Crippen LogP contribution in [0.4, 0.5) is 0 Å². The number of carboxylic acids is 1. The summed E-state index contributed by atoms with van der Waals surface area (Å²) in [4.78, 5) is 10.9. The lowest BCUT2D eigenvalue weighted by Crippen LogP contribution is -2.27. The average molecular weight is 276 g/mol. The summed E-state index contributed by atoms with van der Waals surface area (Å²) in [5, 5.41) is 8.95. The summed E-state index contributed by atoms with van der Waals surface area (Å²) >= 11 is 0. The van der Waals surface area contributed by atoms with E-state index in [4.69, 9.17) is 9.84 Å². The minimum absolute atomic E-state index is 0.0708. The standard InChI is InChI=1S/C17H24O3/c1-2-13-7-5-6-10-16(13)20-12-15-9-4-3-8-14(15)11-17(18)19/h3-4,8-9,13,16H,2,5-7,10-12H2,1H3,(H,18,19). The van der Waals surface area contributed by atoms with Gasteiger partial charge in [0.15, 0.2) is 0 Å². The van der Waals surface area contributed by atoms with Crippen molar-refractivity contribution in [3.63, 3.8) is 0 Å². The fourth-order valence-electron chi connectivity index (χ4n) is 3.09. The molecule has 0 saturated heterocycles. The maximum Gasteiger partial charge on any atom is 0.307 e. The molecule has 110 valence electrons. The van der Waals surface area contributed by atoms with Crippen LogP contribution >= 0.6 is 0 Å². The second kappa shape index (κ2) is 7.44. The summed E-state index contributed by atoms with van der Waals surface area (Å²) in [7, 11) is 0. The SMILES string of the molecule is CCC1CCCCC1OCc1ccccc1CC(=O)O. The maximum atomic E-state index is 10.9. The van der Waals surface area contributed by atoms with Crippen LogP contribution < -0.4 is 0 Å². The first-order valence-corrected chi connectivity index (χ1v) is 7.61. The van der Waals surface area contributed by atoms with Crippen molar-refractivity contribution < 1.29 is 14.6 Å². The Morgan fingerprint density at radius 1 is 1.25 bits per heavy atom. The highest BCUT2D eigenvalue weighted by atomic mass is 16.5. The molecule has 20 heavy (non-hydrogen) atoms. The van der Waals surface area contributed by atoms with Crippen molar-refractivity contribution in [2.75, 3.05) is 0 Å². The fourth-order valence-corrected chi connectivity index (χ4v) is 3.09. The van der Waals surface area contributed by atoms with E-state index in [2.05, 4.69) is 6.92 Å². The van der Waals surface area contributed by atoms with E-state index >= 15 is 0 Å². The highest BCUT2D eigenvalue weighted by Gasteiger charge is 2.24. The third kappa shape index (κ3) is 4.07. The number of hydrogen-bond acceptors (Lipinski definition) is 2. The number of benzene rings is 1. The van der Waals surface area contributed by atoms with Crippen molar-refractivity contribution in [1.29, 1.82) is 0 Å². The molecule has 1 saturated carbocycles. The van der Waals surface area contributed by atoms with Crippen LogP contribution in [0.25, 0.3) is 0 Å². The summed E-state index contributed by atoms with van der Waals surface area (Å²) in [6, 6.07) is 7.69. The Kier molecular flexibility index (Phi) is 5.60. The zero-order chi connectivity index (χ0) is 14.4. The molecule has 0 aliphatic heterocycles. The first kappa shape index (κ1) is 15.0. The van der Waals surface area contributed by atoms with Crippen molar-refractivity contribution >= 4 is 5.97 Å². The second-order valence-corrected chi connectivity index (χ2v) is 5.64. The van der Waals surface area contributed by atoms with Gasteiger partial charge in [-0.25, -0.2) is 0 Å². The van der Waals surface area contributed by atoms with Crippen LogP contribution in [0.2, 0.25) is 0 Å². The average Bonchev–Trinajstić information content (AvgIpc) is 2.46. The molecule has 2 atom stereocenters. The number of carboxylic acid groups (broad SMARTS) is 1. The Labute approximate surface area is 121 Å². The van der Waals surface area contributed by atoms with Crippen molar-refractivity contribution in [1.82, 2.24) is 0 Å². The molecule has 1 aromatic carbocycles. The molecule has 1 aromatic rings. The molecule has 0 amide bonds. The van der Waals surface area contributed by atoms with Gasteiger partial charge in [-0.3, -0.25) is 4.79 Å². The number of rotatable bonds is 6. The van der Waals surface area contributed by atoms with Gasteiger partial charge in [0.2, 0.25) is 0 Å². The van der Waals surface area contributed by atoms with Crippen LogP contribution in [0.15, 0.2) is 24.3 Å². The molecule has 1 fully saturated rings. The Morgan fingerprint density at radius 3 is 2.65 bits per heavy atom. The van der Waals surface area contributed by atoms with E-state index in [0.717, 1.165) is 17.5 Å². The zero-order valence-electron chi connectivity index (χ0n) is 12.2. The molecule has 0 aromatic heterocycles. The van der Waals surface area contributed by atoms with Crippen molar-refractivity contribution in [2.24, 2.45) is 5.92 Å². The van der Waals surface area contributed by atoms with Crippen molar-refractivity contribution in [3.05, 3.63) is 35.4 Å². The largest absolute Gasteiger partial charge is 0.481 e. The molecule has 2 rings (SSSR count). The Bertz CT molecular complexity index is 442. The van der Waals surface area contributed by atoms with E-state index in [0.29, 0.717) is 18.6 Å². The van der Waals surface area contributed by atoms with E-state index in [-0.39, 0.29) is 6.42 Å². The molecule has 0 spiro atoms. The lowest BCUT2D eigenvalue weighted by Gasteiger charge is -2.31. The van der Waals surface area contributed by atoms with E-state index in [1.165, 1.54) is 25.7 Å². The molecule has 3 heteroatoms. The van der Waals surface area contributed by atoms with E-state index in [1.54, 1.807) is 0 Å². The first-order chi connectivity index (χ1) is 9.70. The number of aliphatic carboxylic acids is 1. The van der Waals surface area contributed by atoms with Crippen LogP contribution in [0.1, 0.15) is 50.2 Å². The van der Waals surface area contributed by atoms with Crippen LogP contribution in [0.5, 0.6) is 0 Å². The van der Waals surface area contributed by atoms with Crippen LogP contribution in [-0.4, -0.2) is 17.2 Å². The van der Waals surface area contributed by atoms with Gasteiger partial charge in [-0.2, -0.15) is 0 Å². The minimum atomic E-state index is -0.790. The smallest absolute Gasteiger partial charge is 0.307 e. The van der Waals surface area contributed by atoms with Gasteiger partial charge in [0.05, 0.1) is 19.1 Å². The molecule has 1 aliphatic rings. The van der Waals surface area contributed by atoms with Gasteiger partial charge < -0.3 is 9.84 Å². The molecule has 0 radical (unpaired) electrons. The molecule has 3 nitrogen and oxygen atoms in total. The maximum absolute atomic E-state index is 10.9. The van der Waals surface area contributed by atoms with Crippen molar-refractivity contribution in [3.8, 4) is 0 Å². The van der Waals surface area contributed by atoms with Gasteiger partial charge in [0.1, 0.15) is 0 Å². The first-order valence-electron chi connectivity index (χ1n) is 7.61. The van der Waals surface area contributed by atoms with Crippen LogP contribution in [-0.2, 0) is 22.6 Å². The summed E-state index contributed by atoms with van der Waals surface area (Å²) in [6.07, 6.45) is 6.54. The van der Waals surface area contributed by atoms with Crippen LogP contribution in [0.3, 0.4) is 0 Å².